The summed E-state index contributed by atoms with van der Waals surface area (Å²) in [5.74, 6) is -0.323. The average molecular weight is 267 g/mol. The Hall–Kier alpha value is -1.14. The van der Waals surface area contributed by atoms with Crippen molar-refractivity contribution in [3.8, 4) is 0 Å². The Balaban J connectivity index is 2.00. The van der Waals surface area contributed by atoms with Gasteiger partial charge in [0.15, 0.2) is 5.16 Å². The molecule has 0 spiro atoms. The van der Waals surface area contributed by atoms with Crippen LogP contribution < -0.4 is 5.73 Å². The lowest BCUT2D eigenvalue weighted by molar-refractivity contribution is -0.146. The first-order chi connectivity index (χ1) is 8.53. The summed E-state index contributed by atoms with van der Waals surface area (Å²) < 4.78 is 4.75. The largest absolute Gasteiger partial charge is 0.468 e. The molecule has 2 rings (SSSR count). The Bertz CT molecular complexity index is 455. The summed E-state index contributed by atoms with van der Waals surface area (Å²) in [4.78, 5) is 20.2. The number of carbonyl (C=O) groups is 1. The normalized spacial score (nSPS) is 27.2. The third-order valence-electron chi connectivity index (χ3n) is 3.14. The monoisotopic (exact) mass is 267 g/mol. The van der Waals surface area contributed by atoms with E-state index in [2.05, 4.69) is 9.97 Å². The van der Waals surface area contributed by atoms with Crippen LogP contribution in [0.1, 0.15) is 25.0 Å². The van der Waals surface area contributed by atoms with Crippen molar-refractivity contribution in [2.24, 2.45) is 5.73 Å². The number of thioether (sulfide) groups is 1. The van der Waals surface area contributed by atoms with Gasteiger partial charge in [-0.05, 0) is 32.3 Å². The van der Waals surface area contributed by atoms with Gasteiger partial charge in [0.25, 0.3) is 0 Å². The molecule has 1 saturated carbocycles. The van der Waals surface area contributed by atoms with Crippen molar-refractivity contribution < 1.29 is 9.53 Å². The molecule has 1 aromatic rings. The molecule has 0 radical (unpaired) electrons. The van der Waals surface area contributed by atoms with Crippen LogP contribution in [0.4, 0.5) is 0 Å². The van der Waals surface area contributed by atoms with Crippen LogP contribution in [-0.2, 0) is 9.53 Å². The minimum atomic E-state index is -0.837. The molecule has 0 bridgehead atoms. The number of hydrogen-bond donors (Lipinski definition) is 1. The number of aromatic nitrogens is 2. The molecule has 98 valence electrons. The molecule has 0 aromatic carbocycles. The van der Waals surface area contributed by atoms with Gasteiger partial charge >= 0.3 is 5.97 Å². The van der Waals surface area contributed by atoms with E-state index in [1.54, 1.807) is 18.0 Å². The van der Waals surface area contributed by atoms with Crippen LogP contribution in [-0.4, -0.2) is 33.8 Å². The molecule has 18 heavy (non-hydrogen) atoms. The second-order valence-electron chi connectivity index (χ2n) is 4.61. The first-order valence-corrected chi connectivity index (χ1v) is 6.75. The van der Waals surface area contributed by atoms with Crippen molar-refractivity contribution in [1.29, 1.82) is 0 Å². The molecule has 1 heterocycles. The van der Waals surface area contributed by atoms with Gasteiger partial charge in [-0.15, -0.1) is 0 Å². The first-order valence-electron chi connectivity index (χ1n) is 5.87. The summed E-state index contributed by atoms with van der Waals surface area (Å²) in [6.07, 6.45) is 3.90. The van der Waals surface area contributed by atoms with E-state index >= 15 is 0 Å². The van der Waals surface area contributed by atoms with Gasteiger partial charge in [0.1, 0.15) is 5.54 Å². The smallest absolute Gasteiger partial charge is 0.325 e. The van der Waals surface area contributed by atoms with Crippen LogP contribution in [0.3, 0.4) is 0 Å². The third-order valence-corrected chi connectivity index (χ3v) is 4.28. The Morgan fingerprint density at radius 1 is 1.67 bits per heavy atom. The molecule has 1 aliphatic carbocycles. The fourth-order valence-corrected chi connectivity index (χ4v) is 3.38. The van der Waals surface area contributed by atoms with Gasteiger partial charge in [-0.1, -0.05) is 11.8 Å². The van der Waals surface area contributed by atoms with Crippen LogP contribution in [0.2, 0.25) is 0 Å². The van der Waals surface area contributed by atoms with Crippen molar-refractivity contribution >= 4 is 17.7 Å². The van der Waals surface area contributed by atoms with E-state index in [9.17, 15) is 4.79 Å². The van der Waals surface area contributed by atoms with Crippen LogP contribution in [0.5, 0.6) is 0 Å². The van der Waals surface area contributed by atoms with E-state index in [0.717, 1.165) is 17.3 Å². The zero-order valence-corrected chi connectivity index (χ0v) is 11.4. The lowest BCUT2D eigenvalue weighted by atomic mass is 10.00. The number of rotatable bonds is 3. The second kappa shape index (κ2) is 5.24. The van der Waals surface area contributed by atoms with Gasteiger partial charge in [-0.2, -0.15) is 0 Å². The zero-order valence-electron chi connectivity index (χ0n) is 10.5. The molecule has 5 nitrogen and oxygen atoms in total. The molecule has 0 aliphatic heterocycles. The highest BCUT2D eigenvalue weighted by atomic mass is 32.2. The molecule has 2 unspecified atom stereocenters. The Kier molecular flexibility index (Phi) is 3.87. The predicted octanol–water partition coefficient (Wildman–Crippen LogP) is 1.30. The molecule has 2 N–H and O–H groups in total. The summed E-state index contributed by atoms with van der Waals surface area (Å²) >= 11 is 1.59. The van der Waals surface area contributed by atoms with E-state index in [1.165, 1.54) is 7.11 Å². The number of methoxy groups -OCH3 is 1. The van der Waals surface area contributed by atoms with Crippen molar-refractivity contribution in [2.75, 3.05) is 7.11 Å². The maximum atomic E-state index is 11.6. The molecular weight excluding hydrogens is 250 g/mol. The number of aryl methyl sites for hydroxylation is 1. The topological polar surface area (TPSA) is 78.1 Å². The number of nitrogens with two attached hydrogens (primary N) is 1. The van der Waals surface area contributed by atoms with Crippen LogP contribution in [0, 0.1) is 6.92 Å². The highest BCUT2D eigenvalue weighted by Crippen LogP contribution is 2.38. The van der Waals surface area contributed by atoms with Crippen molar-refractivity contribution in [2.45, 2.75) is 42.1 Å². The molecule has 0 amide bonds. The molecule has 0 saturated heterocycles. The summed E-state index contributed by atoms with van der Waals surface area (Å²) in [7, 11) is 1.38. The number of nitrogens with zero attached hydrogens (tertiary/aromatic N) is 2. The number of esters is 1. The summed E-state index contributed by atoms with van der Waals surface area (Å²) in [5.41, 5.74) is 6.16. The van der Waals surface area contributed by atoms with Gasteiger partial charge in [0.2, 0.25) is 0 Å². The Morgan fingerprint density at radius 3 is 3.11 bits per heavy atom. The Labute approximate surface area is 111 Å². The van der Waals surface area contributed by atoms with Gasteiger partial charge in [0.05, 0.1) is 7.11 Å². The molecular formula is C12H17N3O2S. The van der Waals surface area contributed by atoms with Gasteiger partial charge in [-0.25, -0.2) is 9.97 Å². The van der Waals surface area contributed by atoms with Gasteiger partial charge in [-0.3, -0.25) is 4.79 Å². The van der Waals surface area contributed by atoms with E-state index in [4.69, 9.17) is 10.5 Å². The van der Waals surface area contributed by atoms with Crippen LogP contribution in [0.15, 0.2) is 17.4 Å². The standard InChI is InChI=1S/C12H17N3O2S/c1-8-4-6-14-11(15-8)18-9-3-5-12(13,7-9)10(16)17-2/h4,6,9H,3,5,7,13H2,1-2H3. The Morgan fingerprint density at radius 2 is 2.44 bits per heavy atom. The van der Waals surface area contributed by atoms with Crippen molar-refractivity contribution in [3.63, 3.8) is 0 Å². The number of hydrogen-bond acceptors (Lipinski definition) is 6. The summed E-state index contributed by atoms with van der Waals surface area (Å²) in [5, 5.41) is 1.02. The molecule has 1 aliphatic rings. The van der Waals surface area contributed by atoms with Crippen LogP contribution >= 0.6 is 11.8 Å². The third kappa shape index (κ3) is 2.81. The summed E-state index contributed by atoms with van der Waals surface area (Å²) in [6.45, 7) is 1.93. The highest BCUT2D eigenvalue weighted by Gasteiger charge is 2.43. The number of ether oxygens (including phenoxy) is 1. The second-order valence-corrected chi connectivity index (χ2v) is 5.88. The highest BCUT2D eigenvalue weighted by molar-refractivity contribution is 7.99. The van der Waals surface area contributed by atoms with E-state index in [0.29, 0.717) is 12.8 Å². The molecule has 2 atom stereocenters. The quantitative estimate of drug-likeness (QED) is 0.657. The molecule has 1 aromatic heterocycles. The van der Waals surface area contributed by atoms with Gasteiger partial charge < -0.3 is 10.5 Å². The van der Waals surface area contributed by atoms with E-state index in [1.807, 2.05) is 13.0 Å². The van der Waals surface area contributed by atoms with Crippen LogP contribution in [0.25, 0.3) is 0 Å². The average Bonchev–Trinajstić information content (AvgIpc) is 2.71. The maximum absolute atomic E-state index is 11.6. The first kappa shape index (κ1) is 13.3. The molecule has 6 heteroatoms. The summed E-state index contributed by atoms with van der Waals surface area (Å²) in [6, 6.07) is 1.86. The zero-order chi connectivity index (χ0) is 13.2. The number of carbonyl (C=O) groups excluding carboxylic acids is 1. The minimum absolute atomic E-state index is 0.274. The minimum Gasteiger partial charge on any atom is -0.468 e. The van der Waals surface area contributed by atoms with Crippen molar-refractivity contribution in [1.82, 2.24) is 9.97 Å². The lowest BCUT2D eigenvalue weighted by Gasteiger charge is -2.20. The maximum Gasteiger partial charge on any atom is 0.325 e. The fourth-order valence-electron chi connectivity index (χ4n) is 2.15. The fraction of sp³-hybridized carbons (Fsp3) is 0.583. The lowest BCUT2D eigenvalue weighted by Crippen LogP contribution is -2.46. The van der Waals surface area contributed by atoms with E-state index in [-0.39, 0.29) is 11.2 Å². The van der Waals surface area contributed by atoms with E-state index < -0.39 is 5.54 Å². The van der Waals surface area contributed by atoms with Crippen molar-refractivity contribution in [3.05, 3.63) is 18.0 Å². The molecule has 1 fully saturated rings. The predicted molar refractivity (Wildman–Crippen MR) is 69.2 cm³/mol. The van der Waals surface area contributed by atoms with Gasteiger partial charge in [0, 0.05) is 17.1 Å². The SMILES string of the molecule is COC(=O)C1(N)CCC(Sc2nccc(C)n2)C1.